The van der Waals surface area contributed by atoms with Crippen molar-refractivity contribution in [2.24, 2.45) is 0 Å². The van der Waals surface area contributed by atoms with E-state index in [9.17, 15) is 4.79 Å². The SMILES string of the molecule is Cc1ccc(CNC(=O)CNc2ccc(-c3ccccc3)cc2)cc1. The van der Waals surface area contributed by atoms with Crippen molar-refractivity contribution in [1.29, 1.82) is 0 Å². The van der Waals surface area contributed by atoms with Crippen molar-refractivity contribution in [2.75, 3.05) is 11.9 Å². The normalized spacial score (nSPS) is 10.3. The number of rotatable bonds is 6. The number of aryl methyl sites for hydroxylation is 1. The molecule has 0 aromatic heterocycles. The summed E-state index contributed by atoms with van der Waals surface area (Å²) in [5, 5.41) is 6.08. The van der Waals surface area contributed by atoms with Crippen molar-refractivity contribution in [1.82, 2.24) is 5.32 Å². The minimum Gasteiger partial charge on any atom is -0.376 e. The van der Waals surface area contributed by atoms with Gasteiger partial charge in [-0.1, -0.05) is 72.3 Å². The molecule has 3 heteroatoms. The van der Waals surface area contributed by atoms with Crippen LogP contribution in [0.4, 0.5) is 5.69 Å². The Morgan fingerprint density at radius 1 is 0.800 bits per heavy atom. The molecule has 1 amide bonds. The summed E-state index contributed by atoms with van der Waals surface area (Å²) in [6.07, 6.45) is 0. The molecule has 3 aromatic rings. The number of hydrogen-bond donors (Lipinski definition) is 2. The van der Waals surface area contributed by atoms with Gasteiger partial charge in [-0.25, -0.2) is 0 Å². The highest BCUT2D eigenvalue weighted by Gasteiger charge is 2.02. The molecule has 0 saturated carbocycles. The van der Waals surface area contributed by atoms with E-state index in [1.165, 1.54) is 11.1 Å². The predicted molar refractivity (Wildman–Crippen MR) is 103 cm³/mol. The lowest BCUT2D eigenvalue weighted by molar-refractivity contribution is -0.119. The molecule has 0 aliphatic heterocycles. The maximum absolute atomic E-state index is 12.0. The summed E-state index contributed by atoms with van der Waals surface area (Å²) in [5.74, 6) is -0.0206. The van der Waals surface area contributed by atoms with E-state index in [1.807, 2.05) is 54.6 Å². The minimum absolute atomic E-state index is 0.0206. The van der Waals surface area contributed by atoms with Crippen molar-refractivity contribution in [2.45, 2.75) is 13.5 Å². The molecule has 3 rings (SSSR count). The Balaban J connectivity index is 1.48. The Bertz CT molecular complexity index is 809. The van der Waals surface area contributed by atoms with Gasteiger partial charge < -0.3 is 10.6 Å². The first-order valence-corrected chi connectivity index (χ1v) is 8.42. The molecule has 0 saturated heterocycles. The summed E-state index contributed by atoms with van der Waals surface area (Å²) in [5.41, 5.74) is 5.60. The summed E-state index contributed by atoms with van der Waals surface area (Å²) in [6, 6.07) is 26.5. The van der Waals surface area contributed by atoms with E-state index in [2.05, 4.69) is 41.8 Å². The number of carbonyl (C=O) groups is 1. The number of hydrogen-bond acceptors (Lipinski definition) is 2. The lowest BCUT2D eigenvalue weighted by Gasteiger charge is -2.09. The lowest BCUT2D eigenvalue weighted by atomic mass is 10.1. The Labute approximate surface area is 148 Å². The smallest absolute Gasteiger partial charge is 0.239 e. The largest absolute Gasteiger partial charge is 0.376 e. The second kappa shape index (κ2) is 8.15. The second-order valence-corrected chi connectivity index (χ2v) is 6.06. The highest BCUT2D eigenvalue weighted by atomic mass is 16.1. The van der Waals surface area contributed by atoms with E-state index < -0.39 is 0 Å². The molecule has 3 nitrogen and oxygen atoms in total. The number of nitrogens with one attached hydrogen (secondary N) is 2. The highest BCUT2D eigenvalue weighted by Crippen LogP contribution is 2.20. The van der Waals surface area contributed by atoms with Gasteiger partial charge in [0.25, 0.3) is 0 Å². The van der Waals surface area contributed by atoms with Crippen LogP contribution in [0.2, 0.25) is 0 Å². The van der Waals surface area contributed by atoms with E-state index >= 15 is 0 Å². The van der Waals surface area contributed by atoms with Gasteiger partial charge in [-0.3, -0.25) is 4.79 Å². The zero-order valence-corrected chi connectivity index (χ0v) is 14.3. The topological polar surface area (TPSA) is 41.1 Å². The summed E-state index contributed by atoms with van der Waals surface area (Å²) < 4.78 is 0. The van der Waals surface area contributed by atoms with Gasteiger partial charge in [0.15, 0.2) is 0 Å². The van der Waals surface area contributed by atoms with Gasteiger partial charge in [0.1, 0.15) is 0 Å². The zero-order valence-electron chi connectivity index (χ0n) is 14.3. The van der Waals surface area contributed by atoms with Crippen molar-refractivity contribution < 1.29 is 4.79 Å². The first-order valence-electron chi connectivity index (χ1n) is 8.42. The standard InChI is InChI=1S/C22H22N2O/c1-17-7-9-18(10-8-17)15-24-22(25)16-23-21-13-11-20(12-14-21)19-5-3-2-4-6-19/h2-14,23H,15-16H2,1H3,(H,24,25). The van der Waals surface area contributed by atoms with Crippen LogP contribution in [0, 0.1) is 6.92 Å². The van der Waals surface area contributed by atoms with Crippen molar-refractivity contribution >= 4 is 11.6 Å². The summed E-state index contributed by atoms with van der Waals surface area (Å²) in [6.45, 7) is 2.86. The second-order valence-electron chi connectivity index (χ2n) is 6.06. The fraction of sp³-hybridized carbons (Fsp3) is 0.136. The van der Waals surface area contributed by atoms with Crippen molar-refractivity contribution in [3.63, 3.8) is 0 Å². The molecule has 0 radical (unpaired) electrons. The third kappa shape index (κ3) is 4.95. The van der Waals surface area contributed by atoms with Crippen LogP contribution in [-0.4, -0.2) is 12.5 Å². The van der Waals surface area contributed by atoms with E-state index in [1.54, 1.807) is 0 Å². The van der Waals surface area contributed by atoms with Crippen molar-refractivity contribution in [3.05, 3.63) is 90.0 Å². The molecule has 3 aromatic carbocycles. The van der Waals surface area contributed by atoms with E-state index in [4.69, 9.17) is 0 Å². The predicted octanol–water partition coefficient (Wildman–Crippen LogP) is 4.39. The zero-order chi connectivity index (χ0) is 17.5. The molecule has 126 valence electrons. The van der Waals surface area contributed by atoms with Gasteiger partial charge in [0.2, 0.25) is 5.91 Å². The van der Waals surface area contributed by atoms with Crippen molar-refractivity contribution in [3.8, 4) is 11.1 Å². The van der Waals surface area contributed by atoms with Gasteiger partial charge in [0, 0.05) is 12.2 Å². The molecule has 0 spiro atoms. The first kappa shape index (κ1) is 16.8. The highest BCUT2D eigenvalue weighted by molar-refractivity contribution is 5.80. The molecule has 25 heavy (non-hydrogen) atoms. The minimum atomic E-state index is -0.0206. The number of anilines is 1. The maximum Gasteiger partial charge on any atom is 0.239 e. The van der Waals surface area contributed by atoms with Gasteiger partial charge >= 0.3 is 0 Å². The van der Waals surface area contributed by atoms with Crippen LogP contribution in [0.15, 0.2) is 78.9 Å². The number of benzene rings is 3. The molecule has 0 atom stereocenters. The number of carbonyl (C=O) groups excluding carboxylic acids is 1. The Hall–Kier alpha value is -3.07. The maximum atomic E-state index is 12.0. The van der Waals surface area contributed by atoms with E-state index in [0.717, 1.165) is 16.8 Å². The molecule has 0 unspecified atom stereocenters. The summed E-state index contributed by atoms with van der Waals surface area (Å²) >= 11 is 0. The first-order chi connectivity index (χ1) is 12.2. The Kier molecular flexibility index (Phi) is 5.47. The molecular weight excluding hydrogens is 308 g/mol. The molecule has 2 N–H and O–H groups in total. The monoisotopic (exact) mass is 330 g/mol. The molecular formula is C22H22N2O. The molecule has 0 aliphatic carbocycles. The average molecular weight is 330 g/mol. The van der Waals surface area contributed by atoms with Crippen LogP contribution in [0.5, 0.6) is 0 Å². The summed E-state index contributed by atoms with van der Waals surface area (Å²) in [4.78, 5) is 12.0. The molecule has 0 fully saturated rings. The van der Waals surface area contributed by atoms with Gasteiger partial charge in [-0.15, -0.1) is 0 Å². The van der Waals surface area contributed by atoms with Gasteiger partial charge in [0.05, 0.1) is 6.54 Å². The van der Waals surface area contributed by atoms with Crippen LogP contribution in [-0.2, 0) is 11.3 Å². The van der Waals surface area contributed by atoms with Crippen LogP contribution < -0.4 is 10.6 Å². The fourth-order valence-electron chi connectivity index (χ4n) is 2.56. The summed E-state index contributed by atoms with van der Waals surface area (Å²) in [7, 11) is 0. The third-order valence-corrected chi connectivity index (χ3v) is 4.06. The van der Waals surface area contributed by atoms with E-state index in [-0.39, 0.29) is 12.5 Å². The van der Waals surface area contributed by atoms with Gasteiger partial charge in [-0.05, 0) is 35.7 Å². The number of amides is 1. The molecule has 0 bridgehead atoms. The third-order valence-electron chi connectivity index (χ3n) is 4.06. The quantitative estimate of drug-likeness (QED) is 0.704. The van der Waals surface area contributed by atoms with Gasteiger partial charge in [-0.2, -0.15) is 0 Å². The molecule has 0 heterocycles. The average Bonchev–Trinajstić information content (AvgIpc) is 2.67. The van der Waals surface area contributed by atoms with Crippen LogP contribution in [0.1, 0.15) is 11.1 Å². The Morgan fingerprint density at radius 3 is 2.12 bits per heavy atom. The van der Waals surface area contributed by atoms with Crippen LogP contribution in [0.3, 0.4) is 0 Å². The van der Waals surface area contributed by atoms with Crippen LogP contribution in [0.25, 0.3) is 11.1 Å². The Morgan fingerprint density at radius 2 is 1.44 bits per heavy atom. The lowest BCUT2D eigenvalue weighted by Crippen LogP contribution is -2.29. The van der Waals surface area contributed by atoms with E-state index in [0.29, 0.717) is 6.54 Å². The molecule has 0 aliphatic rings. The fourth-order valence-corrected chi connectivity index (χ4v) is 2.56. The van der Waals surface area contributed by atoms with Crippen LogP contribution >= 0.6 is 0 Å².